The topological polar surface area (TPSA) is 50.7 Å². The van der Waals surface area contributed by atoms with Crippen molar-refractivity contribution in [2.75, 3.05) is 0 Å². The lowest BCUT2D eigenvalue weighted by Crippen LogP contribution is -2.12. The summed E-state index contributed by atoms with van der Waals surface area (Å²) in [5.74, 6) is 0. The molecule has 4 nitrogen and oxygen atoms in total. The maximum Gasteiger partial charge on any atom is 0.142 e. The van der Waals surface area contributed by atoms with E-state index in [1.807, 2.05) is 29.8 Å². The number of nitrogens with one attached hydrogen (secondary N) is 1. The van der Waals surface area contributed by atoms with Crippen LogP contribution in [-0.4, -0.2) is 15.0 Å². The van der Waals surface area contributed by atoms with Gasteiger partial charge in [-0.15, -0.1) is 22.7 Å². The first-order valence-electron chi connectivity index (χ1n) is 5.87. The fourth-order valence-corrected chi connectivity index (χ4v) is 3.01. The first-order chi connectivity index (χ1) is 9.42. The smallest absolute Gasteiger partial charge is 0.142 e. The summed E-state index contributed by atoms with van der Waals surface area (Å²) in [5.41, 5.74) is 1.97. The third-order valence-electron chi connectivity index (χ3n) is 2.50. The van der Waals surface area contributed by atoms with E-state index in [-0.39, 0.29) is 0 Å². The largest absolute Gasteiger partial charge is 0.305 e. The molecule has 3 aromatic rings. The number of rotatable bonds is 5. The zero-order valence-electron chi connectivity index (χ0n) is 10.1. The first kappa shape index (κ1) is 12.4. The van der Waals surface area contributed by atoms with Gasteiger partial charge in [-0.25, -0.2) is 9.97 Å². The van der Waals surface area contributed by atoms with Crippen LogP contribution >= 0.6 is 22.7 Å². The highest BCUT2D eigenvalue weighted by molar-refractivity contribution is 7.13. The Balaban J connectivity index is 1.59. The highest BCUT2D eigenvalue weighted by Crippen LogP contribution is 2.21. The summed E-state index contributed by atoms with van der Waals surface area (Å²) in [6, 6.07) is 5.86. The minimum Gasteiger partial charge on any atom is -0.305 e. The molecule has 1 N–H and O–H groups in total. The number of thiazole rings is 2. The van der Waals surface area contributed by atoms with Crippen molar-refractivity contribution in [1.82, 2.24) is 20.3 Å². The van der Waals surface area contributed by atoms with Gasteiger partial charge in [0.1, 0.15) is 10.0 Å². The predicted molar refractivity (Wildman–Crippen MR) is 78.0 cm³/mol. The van der Waals surface area contributed by atoms with Crippen molar-refractivity contribution >= 4 is 22.7 Å². The third-order valence-corrected chi connectivity index (χ3v) is 4.19. The molecular formula is C13H12N4S2. The van der Waals surface area contributed by atoms with Crippen LogP contribution in [-0.2, 0) is 13.1 Å². The second-order valence-corrected chi connectivity index (χ2v) is 5.73. The van der Waals surface area contributed by atoms with Crippen molar-refractivity contribution in [3.8, 4) is 10.7 Å². The SMILES string of the molecule is c1ccc(-c2nc(CNCc3nccs3)cs2)nc1. The monoisotopic (exact) mass is 288 g/mol. The molecule has 0 saturated carbocycles. The molecule has 3 rings (SSSR count). The van der Waals surface area contributed by atoms with Crippen molar-refractivity contribution in [2.24, 2.45) is 0 Å². The van der Waals surface area contributed by atoms with Crippen LogP contribution in [0.2, 0.25) is 0 Å². The summed E-state index contributed by atoms with van der Waals surface area (Å²) in [5, 5.41) is 9.46. The standard InChI is InChI=1S/C13H12N4S2/c1-2-4-15-11(3-1)13-17-10(9-19-13)7-14-8-12-16-5-6-18-12/h1-6,9,14H,7-8H2. The first-order valence-corrected chi connectivity index (χ1v) is 7.62. The lowest BCUT2D eigenvalue weighted by atomic mass is 10.3. The molecule has 0 aliphatic heterocycles. The molecule has 3 aromatic heterocycles. The second-order valence-electron chi connectivity index (χ2n) is 3.89. The minimum atomic E-state index is 0.753. The van der Waals surface area contributed by atoms with E-state index < -0.39 is 0 Å². The van der Waals surface area contributed by atoms with Gasteiger partial charge in [0.15, 0.2) is 0 Å². The Morgan fingerprint density at radius 2 is 2.05 bits per heavy atom. The molecule has 19 heavy (non-hydrogen) atoms. The van der Waals surface area contributed by atoms with Gasteiger partial charge in [-0.1, -0.05) is 6.07 Å². The van der Waals surface area contributed by atoms with Crippen LogP contribution in [0.4, 0.5) is 0 Å². The maximum absolute atomic E-state index is 4.58. The summed E-state index contributed by atoms with van der Waals surface area (Å²) in [6.07, 6.45) is 3.61. The number of hydrogen-bond donors (Lipinski definition) is 1. The van der Waals surface area contributed by atoms with Crippen molar-refractivity contribution in [3.05, 3.63) is 52.1 Å². The number of pyridine rings is 1. The van der Waals surface area contributed by atoms with E-state index in [4.69, 9.17) is 0 Å². The van der Waals surface area contributed by atoms with Gasteiger partial charge in [-0.05, 0) is 12.1 Å². The zero-order valence-corrected chi connectivity index (χ0v) is 11.7. The Bertz CT molecular complexity index is 619. The van der Waals surface area contributed by atoms with E-state index in [9.17, 15) is 0 Å². The van der Waals surface area contributed by atoms with Crippen LogP contribution in [0.3, 0.4) is 0 Å². The molecule has 0 fully saturated rings. The molecule has 0 bridgehead atoms. The fourth-order valence-electron chi connectivity index (χ4n) is 1.63. The van der Waals surface area contributed by atoms with Gasteiger partial charge in [0.05, 0.1) is 11.4 Å². The Kier molecular flexibility index (Phi) is 3.92. The third kappa shape index (κ3) is 3.23. The summed E-state index contributed by atoms with van der Waals surface area (Å²) in [6.45, 7) is 1.54. The van der Waals surface area contributed by atoms with Crippen LogP contribution in [0.25, 0.3) is 10.7 Å². The molecule has 96 valence electrons. The van der Waals surface area contributed by atoms with Crippen molar-refractivity contribution in [3.63, 3.8) is 0 Å². The Morgan fingerprint density at radius 1 is 1.05 bits per heavy atom. The van der Waals surface area contributed by atoms with Crippen molar-refractivity contribution < 1.29 is 0 Å². The molecule has 3 heterocycles. The molecule has 0 saturated heterocycles. The molecule has 0 aliphatic rings. The van der Waals surface area contributed by atoms with Crippen LogP contribution in [0, 0.1) is 0 Å². The highest BCUT2D eigenvalue weighted by atomic mass is 32.1. The molecule has 6 heteroatoms. The van der Waals surface area contributed by atoms with Gasteiger partial charge in [-0.2, -0.15) is 0 Å². The molecule has 0 amide bonds. The number of nitrogens with zero attached hydrogens (tertiary/aromatic N) is 3. The summed E-state index contributed by atoms with van der Waals surface area (Å²) < 4.78 is 0. The van der Waals surface area contributed by atoms with Crippen molar-refractivity contribution in [2.45, 2.75) is 13.1 Å². The average molecular weight is 288 g/mol. The minimum absolute atomic E-state index is 0.753. The fraction of sp³-hybridized carbons (Fsp3) is 0.154. The summed E-state index contributed by atoms with van der Waals surface area (Å²) in [4.78, 5) is 13.1. The van der Waals surface area contributed by atoms with Gasteiger partial charge in [0.25, 0.3) is 0 Å². The van der Waals surface area contributed by atoms with Gasteiger partial charge < -0.3 is 5.32 Å². The second kappa shape index (κ2) is 6.01. The van der Waals surface area contributed by atoms with Gasteiger partial charge in [0.2, 0.25) is 0 Å². The van der Waals surface area contributed by atoms with E-state index in [0.29, 0.717) is 0 Å². The molecule has 0 unspecified atom stereocenters. The Morgan fingerprint density at radius 3 is 2.84 bits per heavy atom. The predicted octanol–water partition coefficient (Wildman–Crippen LogP) is 2.95. The zero-order chi connectivity index (χ0) is 12.9. The molecule has 0 aliphatic carbocycles. The van der Waals surface area contributed by atoms with E-state index in [0.717, 1.165) is 34.5 Å². The van der Waals surface area contributed by atoms with E-state index in [2.05, 4.69) is 25.6 Å². The van der Waals surface area contributed by atoms with Crippen LogP contribution in [0.1, 0.15) is 10.7 Å². The van der Waals surface area contributed by atoms with Gasteiger partial charge in [0, 0.05) is 36.2 Å². The number of aromatic nitrogens is 3. The van der Waals surface area contributed by atoms with E-state index in [1.54, 1.807) is 28.9 Å². The lowest BCUT2D eigenvalue weighted by molar-refractivity contribution is 0.680. The molecular weight excluding hydrogens is 276 g/mol. The Labute approximate surface area is 119 Å². The van der Waals surface area contributed by atoms with Crippen LogP contribution in [0.5, 0.6) is 0 Å². The summed E-state index contributed by atoms with van der Waals surface area (Å²) >= 11 is 3.28. The van der Waals surface area contributed by atoms with Gasteiger partial charge in [-0.3, -0.25) is 4.98 Å². The highest BCUT2D eigenvalue weighted by Gasteiger charge is 2.05. The average Bonchev–Trinajstić information content (AvgIpc) is 3.11. The van der Waals surface area contributed by atoms with Crippen LogP contribution < -0.4 is 5.32 Å². The van der Waals surface area contributed by atoms with E-state index in [1.165, 1.54) is 0 Å². The molecule has 0 radical (unpaired) electrons. The number of hydrogen-bond acceptors (Lipinski definition) is 6. The van der Waals surface area contributed by atoms with E-state index >= 15 is 0 Å². The quantitative estimate of drug-likeness (QED) is 0.784. The van der Waals surface area contributed by atoms with Crippen molar-refractivity contribution in [1.29, 1.82) is 0 Å². The molecule has 0 atom stereocenters. The Hall–Kier alpha value is -1.63. The maximum atomic E-state index is 4.58. The lowest BCUT2D eigenvalue weighted by Gasteiger charge is -1.98. The normalized spacial score (nSPS) is 10.7. The summed E-state index contributed by atoms with van der Waals surface area (Å²) in [7, 11) is 0. The molecule has 0 aromatic carbocycles. The van der Waals surface area contributed by atoms with Gasteiger partial charge >= 0.3 is 0 Å². The molecule has 0 spiro atoms. The van der Waals surface area contributed by atoms with Crippen LogP contribution in [0.15, 0.2) is 41.4 Å².